The number of allylic oxidation sites excluding steroid dienone is 4. The molecule has 0 bridgehead atoms. The van der Waals surface area contributed by atoms with E-state index < -0.39 is 81.4 Å². The quantitative estimate of drug-likeness (QED) is 0.214. The zero-order chi connectivity index (χ0) is 27.2. The molecular weight excluding hydrogens is 501 g/mol. The summed E-state index contributed by atoms with van der Waals surface area (Å²) in [6.07, 6.45) is -5.39. The first kappa shape index (κ1) is 26.2. The lowest BCUT2D eigenvalue weighted by molar-refractivity contribution is -0.275. The zero-order valence-corrected chi connectivity index (χ0v) is 19.4. The highest BCUT2D eigenvalue weighted by molar-refractivity contribution is 6.18. The number of ether oxygens (including phenoxy) is 1. The number of hydrogen-bond acceptors (Lipinski definition) is 9. The van der Waals surface area contributed by atoms with Crippen molar-refractivity contribution in [1.82, 2.24) is 5.32 Å². The van der Waals surface area contributed by atoms with E-state index in [4.69, 9.17) is 0 Å². The van der Waals surface area contributed by atoms with Crippen molar-refractivity contribution in [2.45, 2.75) is 32.5 Å². The number of aldehydes is 1. The summed E-state index contributed by atoms with van der Waals surface area (Å²) in [6, 6.07) is 0.772. The van der Waals surface area contributed by atoms with Gasteiger partial charge in [0.2, 0.25) is 5.91 Å². The van der Waals surface area contributed by atoms with Crippen molar-refractivity contribution >= 4 is 29.4 Å². The molecule has 0 aliphatic heterocycles. The molecule has 3 atom stereocenters. The van der Waals surface area contributed by atoms with Gasteiger partial charge >= 0.3 is 6.36 Å². The van der Waals surface area contributed by atoms with E-state index in [1.807, 2.05) is 0 Å². The molecule has 1 aromatic carbocycles. The summed E-state index contributed by atoms with van der Waals surface area (Å²) in [5, 5.41) is 36.8. The second-order valence-electron chi connectivity index (χ2n) is 9.05. The zero-order valence-electron chi connectivity index (χ0n) is 19.4. The third-order valence-electron chi connectivity index (χ3n) is 6.79. The van der Waals surface area contributed by atoms with Gasteiger partial charge in [-0.1, -0.05) is 6.92 Å². The monoisotopic (exact) mass is 524 g/mol. The largest absolute Gasteiger partial charge is 0.573 e. The number of likely N-dealkylation sites (N-methyl/N-ethyl adjacent to an activating group) is 1. The van der Waals surface area contributed by atoms with Gasteiger partial charge in [0.25, 0.3) is 0 Å². The molecule has 1 amide bonds. The molecule has 5 N–H and O–H groups in total. The summed E-state index contributed by atoms with van der Waals surface area (Å²) in [5.41, 5.74) is -2.19. The van der Waals surface area contributed by atoms with E-state index >= 15 is 0 Å². The minimum absolute atomic E-state index is 0.0323. The third-order valence-corrected chi connectivity index (χ3v) is 6.79. The second kappa shape index (κ2) is 9.54. The molecule has 4 rings (SSSR count). The van der Waals surface area contributed by atoms with Gasteiger partial charge < -0.3 is 30.7 Å². The molecule has 0 spiro atoms. The number of hydrogen-bond donors (Lipinski definition) is 5. The fourth-order valence-electron chi connectivity index (χ4n) is 5.30. The number of halogens is 3. The Kier molecular flexibility index (Phi) is 6.76. The average Bonchev–Trinajstić information content (AvgIpc) is 2.79. The molecule has 198 valence electrons. The van der Waals surface area contributed by atoms with Gasteiger partial charge in [-0.2, -0.15) is 0 Å². The van der Waals surface area contributed by atoms with Crippen LogP contribution in [-0.2, 0) is 20.8 Å². The summed E-state index contributed by atoms with van der Waals surface area (Å²) in [6.45, 7) is 1.91. The van der Waals surface area contributed by atoms with Crippen LogP contribution in [0.1, 0.15) is 35.7 Å². The molecular formula is C24H23F3N2O8. The maximum atomic E-state index is 13.5. The van der Waals surface area contributed by atoms with Crippen LogP contribution in [0.5, 0.6) is 11.5 Å². The highest BCUT2D eigenvalue weighted by atomic mass is 19.4. The minimum Gasteiger partial charge on any atom is -0.511 e. The number of carbonyl (C=O) groups excluding carboxylic acids is 4. The number of benzene rings is 1. The van der Waals surface area contributed by atoms with Crippen molar-refractivity contribution in [2.75, 3.05) is 18.4 Å². The molecule has 3 aliphatic rings. The van der Waals surface area contributed by atoms with Crippen molar-refractivity contribution in [3.05, 3.63) is 39.9 Å². The van der Waals surface area contributed by atoms with Crippen LogP contribution in [0.2, 0.25) is 0 Å². The predicted molar refractivity (Wildman–Crippen MR) is 120 cm³/mol. The van der Waals surface area contributed by atoms with Crippen LogP contribution in [0.25, 0.3) is 0 Å². The number of aliphatic hydroxyl groups is 2. The van der Waals surface area contributed by atoms with Crippen molar-refractivity contribution in [1.29, 1.82) is 0 Å². The van der Waals surface area contributed by atoms with Gasteiger partial charge in [-0.05, 0) is 31.2 Å². The number of amides is 1. The number of aromatic hydroxyl groups is 1. The highest BCUT2D eigenvalue weighted by Gasteiger charge is 2.50. The molecule has 37 heavy (non-hydrogen) atoms. The van der Waals surface area contributed by atoms with E-state index in [-0.39, 0.29) is 43.2 Å². The fourth-order valence-corrected chi connectivity index (χ4v) is 5.30. The molecule has 2 unspecified atom stereocenters. The number of phenolic OH excluding ortho intramolecular Hbond substituents is 1. The molecule has 0 saturated carbocycles. The number of aliphatic hydroxyl groups excluding tert-OH is 2. The van der Waals surface area contributed by atoms with Gasteiger partial charge in [-0.25, -0.2) is 0 Å². The van der Waals surface area contributed by atoms with Crippen LogP contribution in [0.4, 0.5) is 18.9 Å². The second-order valence-corrected chi connectivity index (χ2v) is 9.05. The van der Waals surface area contributed by atoms with Crippen molar-refractivity contribution in [3.63, 3.8) is 0 Å². The average molecular weight is 524 g/mol. The highest BCUT2D eigenvalue weighted by Crippen LogP contribution is 2.52. The molecule has 0 aromatic heterocycles. The number of ketones is 2. The number of anilines is 1. The van der Waals surface area contributed by atoms with Crippen LogP contribution in [0, 0.1) is 17.8 Å². The van der Waals surface area contributed by atoms with Gasteiger partial charge in [0.1, 0.15) is 17.3 Å². The van der Waals surface area contributed by atoms with Crippen LogP contribution in [-0.4, -0.2) is 58.5 Å². The lowest BCUT2D eigenvalue weighted by atomic mass is 9.62. The van der Waals surface area contributed by atoms with E-state index in [0.717, 1.165) is 6.07 Å². The van der Waals surface area contributed by atoms with Gasteiger partial charge in [-0.15, -0.1) is 13.2 Å². The molecule has 10 nitrogen and oxygen atoms in total. The van der Waals surface area contributed by atoms with Crippen LogP contribution >= 0.6 is 0 Å². The maximum Gasteiger partial charge on any atom is 0.573 e. The number of nitrogens with one attached hydrogen (secondary N) is 2. The summed E-state index contributed by atoms with van der Waals surface area (Å²) in [5.74, 6) is -8.23. The minimum atomic E-state index is -5.16. The Labute approximate surface area is 207 Å². The number of rotatable bonds is 6. The first-order chi connectivity index (χ1) is 17.4. The molecule has 3 aliphatic carbocycles. The van der Waals surface area contributed by atoms with Gasteiger partial charge in [0.15, 0.2) is 23.6 Å². The molecule has 13 heteroatoms. The summed E-state index contributed by atoms with van der Waals surface area (Å²) in [4.78, 5) is 49.7. The predicted octanol–water partition coefficient (Wildman–Crippen LogP) is 2.63. The van der Waals surface area contributed by atoms with Gasteiger partial charge in [0, 0.05) is 23.6 Å². The Morgan fingerprint density at radius 1 is 1.22 bits per heavy atom. The van der Waals surface area contributed by atoms with Gasteiger partial charge in [-0.3, -0.25) is 19.2 Å². The van der Waals surface area contributed by atoms with Crippen molar-refractivity contribution in [2.24, 2.45) is 17.8 Å². The Balaban J connectivity index is 1.83. The first-order valence-corrected chi connectivity index (χ1v) is 11.4. The molecule has 1 aromatic rings. The van der Waals surface area contributed by atoms with E-state index in [9.17, 15) is 47.7 Å². The molecule has 0 fully saturated rings. The number of fused-ring (bicyclic) bond motifs is 3. The maximum absolute atomic E-state index is 13.5. The Morgan fingerprint density at radius 3 is 2.54 bits per heavy atom. The van der Waals surface area contributed by atoms with E-state index in [2.05, 4.69) is 15.4 Å². The Hall–Kier alpha value is -3.87. The van der Waals surface area contributed by atoms with Crippen molar-refractivity contribution < 1.29 is 52.4 Å². The van der Waals surface area contributed by atoms with E-state index in [0.29, 0.717) is 6.54 Å². The number of phenols is 1. The molecule has 0 saturated heterocycles. The Morgan fingerprint density at radius 2 is 1.92 bits per heavy atom. The van der Waals surface area contributed by atoms with E-state index in [1.54, 1.807) is 6.92 Å². The topological polar surface area (TPSA) is 162 Å². The van der Waals surface area contributed by atoms with E-state index in [1.165, 1.54) is 0 Å². The van der Waals surface area contributed by atoms with Crippen LogP contribution in [0.15, 0.2) is 28.7 Å². The number of alkyl halides is 3. The number of Topliss-reactive ketones (excluding diaryl/α,β-unsaturated/α-hetero) is 2. The third kappa shape index (κ3) is 4.66. The van der Waals surface area contributed by atoms with Crippen molar-refractivity contribution in [3.8, 4) is 11.5 Å². The number of carbonyl (C=O) groups is 4. The smallest absolute Gasteiger partial charge is 0.511 e. The van der Waals surface area contributed by atoms with Crippen LogP contribution in [0.3, 0.4) is 0 Å². The lowest BCUT2D eigenvalue weighted by Gasteiger charge is -2.40. The first-order valence-electron chi connectivity index (χ1n) is 11.4. The Bertz CT molecular complexity index is 1270. The van der Waals surface area contributed by atoms with Gasteiger partial charge in [0.05, 0.1) is 29.3 Å². The van der Waals surface area contributed by atoms with Crippen LogP contribution < -0.4 is 15.4 Å². The molecule has 0 heterocycles. The fraction of sp³-hybridized carbons (Fsp3) is 0.417. The summed E-state index contributed by atoms with van der Waals surface area (Å²) < 4.78 is 43.8. The summed E-state index contributed by atoms with van der Waals surface area (Å²) >= 11 is 0. The standard InChI is InChI=1S/C24H23F3N2O8/c1-2-28-7-16(32)29-13-6-15(37-24(25,26)27)11-4-9-3-10-5-14(31)12(8-30)20(33)17(10)22(35)18(9)23(36)19(11)21(13)34/h6,8-10,17,28,31,34-35H,2-5,7H2,1H3,(H,29,32)/t9?,10-,17?/m0/s1. The summed E-state index contributed by atoms with van der Waals surface area (Å²) in [7, 11) is 0. The lowest BCUT2D eigenvalue weighted by Crippen LogP contribution is -2.42. The molecule has 0 radical (unpaired) electrons. The normalized spacial score (nSPS) is 23.3. The SMILES string of the molecule is CCNCC(=O)Nc1cc(OC(F)(F)F)c2c(c1O)C(=O)C1=C(O)C3C(=O)C(C=O)=C(O)C[C@@H]3CC1C2.